The van der Waals surface area contributed by atoms with Crippen LogP contribution in [0.4, 0.5) is 0 Å². The minimum absolute atomic E-state index is 0.201. The molecule has 0 radical (unpaired) electrons. The van der Waals surface area contributed by atoms with Crippen molar-refractivity contribution in [3.8, 4) is 11.5 Å². The average Bonchev–Trinajstić information content (AvgIpc) is 2.79. The van der Waals surface area contributed by atoms with Crippen LogP contribution in [0, 0.1) is 13.8 Å². The van der Waals surface area contributed by atoms with Gasteiger partial charge in [0.2, 0.25) is 0 Å². The molecule has 3 aromatic rings. The summed E-state index contributed by atoms with van der Waals surface area (Å²) < 4.78 is 11.3. The van der Waals surface area contributed by atoms with E-state index < -0.39 is 11.8 Å². The van der Waals surface area contributed by atoms with E-state index in [1.807, 2.05) is 56.3 Å². The molecule has 3 aromatic carbocycles. The van der Waals surface area contributed by atoms with Crippen LogP contribution in [0.5, 0.6) is 11.5 Å². The zero-order valence-electron chi connectivity index (χ0n) is 17.7. The molecule has 160 valence electrons. The molecule has 0 fully saturated rings. The van der Waals surface area contributed by atoms with E-state index in [1.54, 1.807) is 30.3 Å². The zero-order chi connectivity index (χ0) is 22.1. The van der Waals surface area contributed by atoms with E-state index in [-0.39, 0.29) is 6.61 Å². The Morgan fingerprint density at radius 3 is 2.42 bits per heavy atom. The molecule has 0 heterocycles. The summed E-state index contributed by atoms with van der Waals surface area (Å²) in [5.74, 6) is 0.341. The molecule has 0 aliphatic carbocycles. The van der Waals surface area contributed by atoms with Gasteiger partial charge in [-0.25, -0.2) is 0 Å². The van der Waals surface area contributed by atoms with Crippen molar-refractivity contribution in [2.75, 3.05) is 13.2 Å². The zero-order valence-corrected chi connectivity index (χ0v) is 17.7. The summed E-state index contributed by atoms with van der Waals surface area (Å²) in [6.45, 7) is 4.20. The van der Waals surface area contributed by atoms with Gasteiger partial charge in [-0.15, -0.1) is 0 Å². The number of amides is 2. The van der Waals surface area contributed by atoms with Crippen molar-refractivity contribution in [3.05, 3.63) is 95.1 Å². The van der Waals surface area contributed by atoms with Crippen LogP contribution in [0.25, 0.3) is 0 Å². The van der Waals surface area contributed by atoms with Crippen LogP contribution in [-0.4, -0.2) is 25.0 Å². The van der Waals surface area contributed by atoms with Crippen molar-refractivity contribution in [1.29, 1.82) is 0 Å². The number of hydrogen-bond donors (Lipinski definition) is 2. The lowest BCUT2D eigenvalue weighted by Gasteiger charge is -2.12. The van der Waals surface area contributed by atoms with Crippen molar-refractivity contribution in [3.63, 3.8) is 0 Å². The van der Waals surface area contributed by atoms with Gasteiger partial charge in [0.25, 0.3) is 11.8 Å². The Morgan fingerprint density at radius 2 is 1.61 bits per heavy atom. The molecule has 0 aliphatic rings. The van der Waals surface area contributed by atoms with Crippen molar-refractivity contribution in [2.24, 2.45) is 0 Å². The lowest BCUT2D eigenvalue weighted by Crippen LogP contribution is -2.43. The second-order valence-electron chi connectivity index (χ2n) is 7.10. The standard InChI is InChI=1S/C25H26N2O4/c1-18-8-6-13-23(19(18)2)31-17-24(28)26-27-25(29)21-11-7-12-22(16-21)30-15-14-20-9-4-3-5-10-20/h3-13,16H,14-15,17H2,1-2H3,(H,26,28)(H,27,29). The Balaban J connectivity index is 1.45. The van der Waals surface area contributed by atoms with Gasteiger partial charge in [-0.1, -0.05) is 48.5 Å². The molecule has 0 atom stereocenters. The molecule has 0 saturated carbocycles. The van der Waals surface area contributed by atoms with Crippen molar-refractivity contribution in [1.82, 2.24) is 10.9 Å². The molecular formula is C25H26N2O4. The number of rotatable bonds is 8. The van der Waals surface area contributed by atoms with Gasteiger partial charge < -0.3 is 9.47 Å². The maximum Gasteiger partial charge on any atom is 0.276 e. The molecular weight excluding hydrogens is 392 g/mol. The first-order valence-electron chi connectivity index (χ1n) is 10.1. The Labute approximate surface area is 182 Å². The largest absolute Gasteiger partial charge is 0.493 e. The molecule has 0 aliphatic heterocycles. The smallest absolute Gasteiger partial charge is 0.276 e. The van der Waals surface area contributed by atoms with Gasteiger partial charge in [0.15, 0.2) is 6.61 Å². The fraction of sp³-hybridized carbons (Fsp3) is 0.200. The van der Waals surface area contributed by atoms with Gasteiger partial charge >= 0.3 is 0 Å². The lowest BCUT2D eigenvalue weighted by atomic mass is 10.1. The Bertz CT molecular complexity index is 1030. The molecule has 0 saturated heterocycles. The number of ether oxygens (including phenoxy) is 2. The third kappa shape index (κ3) is 6.60. The minimum atomic E-state index is -0.454. The maximum atomic E-state index is 12.3. The fourth-order valence-corrected chi connectivity index (χ4v) is 2.92. The second kappa shape index (κ2) is 10.8. The molecule has 0 unspecified atom stereocenters. The van der Waals surface area contributed by atoms with Crippen LogP contribution in [0.3, 0.4) is 0 Å². The first-order valence-corrected chi connectivity index (χ1v) is 10.1. The second-order valence-corrected chi connectivity index (χ2v) is 7.10. The number of aryl methyl sites for hydroxylation is 1. The van der Waals surface area contributed by atoms with Gasteiger partial charge in [-0.05, 0) is 54.8 Å². The minimum Gasteiger partial charge on any atom is -0.493 e. The Morgan fingerprint density at radius 1 is 0.839 bits per heavy atom. The third-order valence-electron chi connectivity index (χ3n) is 4.83. The summed E-state index contributed by atoms with van der Waals surface area (Å²) in [5, 5.41) is 0. The third-order valence-corrected chi connectivity index (χ3v) is 4.83. The maximum absolute atomic E-state index is 12.3. The molecule has 0 aromatic heterocycles. The van der Waals surface area contributed by atoms with Gasteiger partial charge in [0, 0.05) is 12.0 Å². The van der Waals surface area contributed by atoms with Crippen LogP contribution in [0.2, 0.25) is 0 Å². The lowest BCUT2D eigenvalue weighted by molar-refractivity contribution is -0.123. The van der Waals surface area contributed by atoms with Crippen molar-refractivity contribution >= 4 is 11.8 Å². The normalized spacial score (nSPS) is 10.3. The topological polar surface area (TPSA) is 76.7 Å². The summed E-state index contributed by atoms with van der Waals surface area (Å²) in [5.41, 5.74) is 8.38. The molecule has 0 spiro atoms. The van der Waals surface area contributed by atoms with E-state index >= 15 is 0 Å². The van der Waals surface area contributed by atoms with E-state index in [1.165, 1.54) is 5.56 Å². The summed E-state index contributed by atoms with van der Waals surface area (Å²) in [7, 11) is 0. The van der Waals surface area contributed by atoms with Crippen LogP contribution < -0.4 is 20.3 Å². The molecule has 2 N–H and O–H groups in total. The molecule has 6 heteroatoms. The van der Waals surface area contributed by atoms with Crippen LogP contribution in [-0.2, 0) is 11.2 Å². The van der Waals surface area contributed by atoms with E-state index in [9.17, 15) is 9.59 Å². The van der Waals surface area contributed by atoms with Crippen molar-refractivity contribution in [2.45, 2.75) is 20.3 Å². The van der Waals surface area contributed by atoms with Gasteiger partial charge in [0.05, 0.1) is 6.61 Å². The summed E-state index contributed by atoms with van der Waals surface area (Å²) in [4.78, 5) is 24.4. The Kier molecular flexibility index (Phi) is 7.65. The molecule has 31 heavy (non-hydrogen) atoms. The first-order chi connectivity index (χ1) is 15.0. The van der Waals surface area contributed by atoms with Gasteiger partial charge in [-0.2, -0.15) is 0 Å². The van der Waals surface area contributed by atoms with E-state index in [2.05, 4.69) is 10.9 Å². The first kappa shape index (κ1) is 21.9. The van der Waals surface area contributed by atoms with E-state index in [0.29, 0.717) is 23.7 Å². The van der Waals surface area contributed by atoms with Crippen LogP contribution in [0.15, 0.2) is 72.8 Å². The number of hydrazine groups is 1. The molecule has 0 bridgehead atoms. The number of nitrogens with one attached hydrogen (secondary N) is 2. The number of carbonyl (C=O) groups excluding carboxylic acids is 2. The SMILES string of the molecule is Cc1cccc(OCC(=O)NNC(=O)c2cccc(OCCc3ccccc3)c2)c1C. The molecule has 3 rings (SSSR count). The number of benzene rings is 3. The summed E-state index contributed by atoms with van der Waals surface area (Å²) in [6, 6.07) is 22.5. The van der Waals surface area contributed by atoms with Crippen LogP contribution >= 0.6 is 0 Å². The Hall–Kier alpha value is -3.80. The fourth-order valence-electron chi connectivity index (χ4n) is 2.92. The summed E-state index contributed by atoms with van der Waals surface area (Å²) in [6.07, 6.45) is 0.772. The number of carbonyl (C=O) groups is 2. The predicted octanol–water partition coefficient (Wildman–Crippen LogP) is 3.76. The highest BCUT2D eigenvalue weighted by Gasteiger charge is 2.10. The van der Waals surface area contributed by atoms with Crippen LogP contribution in [0.1, 0.15) is 27.0 Å². The van der Waals surface area contributed by atoms with Gasteiger partial charge in [0.1, 0.15) is 11.5 Å². The highest BCUT2D eigenvalue weighted by molar-refractivity contribution is 5.95. The highest BCUT2D eigenvalue weighted by atomic mass is 16.5. The van der Waals surface area contributed by atoms with Crippen molar-refractivity contribution < 1.29 is 19.1 Å². The summed E-state index contributed by atoms with van der Waals surface area (Å²) >= 11 is 0. The quantitative estimate of drug-likeness (QED) is 0.546. The van der Waals surface area contributed by atoms with E-state index in [4.69, 9.17) is 9.47 Å². The van der Waals surface area contributed by atoms with E-state index in [0.717, 1.165) is 17.5 Å². The average molecular weight is 418 g/mol. The van der Waals surface area contributed by atoms with Gasteiger partial charge in [-0.3, -0.25) is 20.4 Å². The molecule has 6 nitrogen and oxygen atoms in total. The monoisotopic (exact) mass is 418 g/mol. The number of hydrogen-bond acceptors (Lipinski definition) is 4. The highest BCUT2D eigenvalue weighted by Crippen LogP contribution is 2.20. The predicted molar refractivity (Wildman–Crippen MR) is 119 cm³/mol. The molecule has 2 amide bonds.